The number of nitrogens with one attached hydrogen (secondary N) is 1. The zero-order valence-corrected chi connectivity index (χ0v) is 18.0. The maximum Gasteiger partial charge on any atom is 0.271 e. The number of benzene rings is 1. The highest BCUT2D eigenvalue weighted by atomic mass is 35.5. The number of amides is 1. The number of piperazine rings is 1. The molecule has 1 aromatic heterocycles. The number of rotatable bonds is 6. The lowest BCUT2D eigenvalue weighted by molar-refractivity contribution is -0.384. The van der Waals surface area contributed by atoms with Crippen molar-refractivity contribution in [2.24, 2.45) is 0 Å². The van der Waals surface area contributed by atoms with Crippen molar-refractivity contribution in [1.82, 2.24) is 14.9 Å². The number of hydrogen-bond acceptors (Lipinski definition) is 7. The van der Waals surface area contributed by atoms with Gasteiger partial charge in [0.15, 0.2) is 0 Å². The van der Waals surface area contributed by atoms with Crippen LogP contribution in [0.4, 0.5) is 17.2 Å². The predicted molar refractivity (Wildman–Crippen MR) is 116 cm³/mol. The summed E-state index contributed by atoms with van der Waals surface area (Å²) in [6, 6.07) is 5.98. The van der Waals surface area contributed by atoms with Crippen LogP contribution in [0.15, 0.2) is 24.3 Å². The standard InChI is InChI=1S/C20H25ClN6O3/c1-13(2)20-22-14(3)10-18(24-20)26-8-6-25(7-9-26)12-19(28)23-17-5-4-15(27(29)30)11-16(17)21/h4-5,10-11,13H,6-9,12H2,1-3H3,(H,23,28). The van der Waals surface area contributed by atoms with E-state index in [1.54, 1.807) is 0 Å². The van der Waals surface area contributed by atoms with Crippen molar-refractivity contribution in [3.63, 3.8) is 0 Å². The number of non-ortho nitro benzene ring substituents is 1. The lowest BCUT2D eigenvalue weighted by Crippen LogP contribution is -2.49. The number of carbonyl (C=O) groups excluding carboxylic acids is 1. The predicted octanol–water partition coefficient (Wildman–Crippen LogP) is 3.23. The largest absolute Gasteiger partial charge is 0.354 e. The van der Waals surface area contributed by atoms with Gasteiger partial charge in [-0.2, -0.15) is 0 Å². The van der Waals surface area contributed by atoms with Gasteiger partial charge in [0, 0.05) is 56.0 Å². The van der Waals surface area contributed by atoms with Crippen LogP contribution in [-0.2, 0) is 4.79 Å². The van der Waals surface area contributed by atoms with Crippen molar-refractivity contribution in [3.05, 3.63) is 50.9 Å². The molecule has 1 saturated heterocycles. The third kappa shape index (κ3) is 5.43. The number of halogens is 1. The van der Waals surface area contributed by atoms with Gasteiger partial charge in [0.1, 0.15) is 11.6 Å². The second-order valence-electron chi connectivity index (χ2n) is 7.61. The average molecular weight is 433 g/mol. The molecular formula is C20H25ClN6O3. The molecule has 1 aromatic carbocycles. The van der Waals surface area contributed by atoms with Gasteiger partial charge < -0.3 is 10.2 Å². The number of carbonyl (C=O) groups is 1. The fourth-order valence-electron chi connectivity index (χ4n) is 3.24. The molecule has 1 N–H and O–H groups in total. The number of hydrogen-bond donors (Lipinski definition) is 1. The summed E-state index contributed by atoms with van der Waals surface area (Å²) in [5.74, 6) is 1.82. The quantitative estimate of drug-likeness (QED) is 0.551. The number of aryl methyl sites for hydroxylation is 1. The van der Waals surface area contributed by atoms with Crippen molar-refractivity contribution in [2.45, 2.75) is 26.7 Å². The zero-order chi connectivity index (χ0) is 21.8. The number of nitro benzene ring substituents is 1. The number of anilines is 2. The molecule has 1 aliphatic rings. The summed E-state index contributed by atoms with van der Waals surface area (Å²) in [7, 11) is 0. The first-order valence-corrected chi connectivity index (χ1v) is 10.2. The van der Waals surface area contributed by atoms with Crippen molar-refractivity contribution < 1.29 is 9.72 Å². The van der Waals surface area contributed by atoms with E-state index in [0.29, 0.717) is 5.69 Å². The Morgan fingerprint density at radius 1 is 1.23 bits per heavy atom. The zero-order valence-electron chi connectivity index (χ0n) is 17.3. The van der Waals surface area contributed by atoms with Gasteiger partial charge in [0.05, 0.1) is 22.2 Å². The lowest BCUT2D eigenvalue weighted by Gasteiger charge is -2.35. The van der Waals surface area contributed by atoms with E-state index in [1.165, 1.54) is 18.2 Å². The summed E-state index contributed by atoms with van der Waals surface area (Å²) < 4.78 is 0. The maximum absolute atomic E-state index is 12.4. The fraction of sp³-hybridized carbons (Fsp3) is 0.450. The first-order valence-electron chi connectivity index (χ1n) is 9.79. The minimum Gasteiger partial charge on any atom is -0.354 e. The summed E-state index contributed by atoms with van der Waals surface area (Å²) in [4.78, 5) is 36.1. The number of nitro groups is 1. The SMILES string of the molecule is Cc1cc(N2CCN(CC(=O)Nc3ccc([N+](=O)[O-])cc3Cl)CC2)nc(C(C)C)n1. The third-order valence-corrected chi connectivity index (χ3v) is 5.19. The van der Waals surface area contributed by atoms with Crippen molar-refractivity contribution in [1.29, 1.82) is 0 Å². The van der Waals surface area contributed by atoms with E-state index < -0.39 is 4.92 Å². The molecule has 1 aliphatic heterocycles. The molecule has 0 spiro atoms. The summed E-state index contributed by atoms with van der Waals surface area (Å²) in [5, 5.41) is 13.7. The maximum atomic E-state index is 12.4. The molecule has 0 bridgehead atoms. The van der Waals surface area contributed by atoms with Gasteiger partial charge in [0.2, 0.25) is 5.91 Å². The second-order valence-corrected chi connectivity index (χ2v) is 8.02. The smallest absolute Gasteiger partial charge is 0.271 e. The van der Waals surface area contributed by atoms with Gasteiger partial charge in [-0.15, -0.1) is 0 Å². The third-order valence-electron chi connectivity index (χ3n) is 4.88. The van der Waals surface area contributed by atoms with Crippen LogP contribution < -0.4 is 10.2 Å². The highest BCUT2D eigenvalue weighted by molar-refractivity contribution is 6.34. The molecule has 1 amide bonds. The summed E-state index contributed by atoms with van der Waals surface area (Å²) in [6.45, 7) is 9.32. The Morgan fingerprint density at radius 3 is 2.53 bits per heavy atom. The first-order chi connectivity index (χ1) is 14.2. The molecule has 160 valence electrons. The normalized spacial score (nSPS) is 14.8. The minimum absolute atomic E-state index is 0.116. The van der Waals surface area contributed by atoms with Gasteiger partial charge in [-0.3, -0.25) is 19.8 Å². The molecule has 10 heteroatoms. The molecule has 2 aromatic rings. The molecule has 1 fully saturated rings. The summed E-state index contributed by atoms with van der Waals surface area (Å²) in [6.07, 6.45) is 0. The van der Waals surface area contributed by atoms with Gasteiger partial charge in [-0.05, 0) is 13.0 Å². The number of aromatic nitrogens is 2. The molecule has 9 nitrogen and oxygen atoms in total. The molecule has 0 unspecified atom stereocenters. The highest BCUT2D eigenvalue weighted by Crippen LogP contribution is 2.26. The van der Waals surface area contributed by atoms with Crippen LogP contribution in [-0.4, -0.2) is 58.4 Å². The molecule has 3 rings (SSSR count). The van der Waals surface area contributed by atoms with E-state index in [1.807, 2.05) is 13.0 Å². The first kappa shape index (κ1) is 21.9. The summed E-state index contributed by atoms with van der Waals surface area (Å²) >= 11 is 6.04. The Balaban J connectivity index is 1.55. The van der Waals surface area contributed by atoms with Gasteiger partial charge in [-0.25, -0.2) is 9.97 Å². The van der Waals surface area contributed by atoms with Crippen LogP contribution in [0.25, 0.3) is 0 Å². The van der Waals surface area contributed by atoms with Gasteiger partial charge in [0.25, 0.3) is 5.69 Å². The van der Waals surface area contributed by atoms with E-state index in [0.717, 1.165) is 43.5 Å². The van der Waals surface area contributed by atoms with Crippen LogP contribution in [0.3, 0.4) is 0 Å². The molecule has 0 aliphatic carbocycles. The topological polar surface area (TPSA) is 104 Å². The Bertz CT molecular complexity index is 944. The molecular weight excluding hydrogens is 408 g/mol. The monoisotopic (exact) mass is 432 g/mol. The molecule has 0 radical (unpaired) electrons. The number of nitrogens with zero attached hydrogens (tertiary/aromatic N) is 5. The summed E-state index contributed by atoms with van der Waals surface area (Å²) in [5.41, 5.74) is 1.20. The van der Waals surface area contributed by atoms with Crippen LogP contribution in [0.5, 0.6) is 0 Å². The van der Waals surface area contributed by atoms with E-state index in [4.69, 9.17) is 11.6 Å². The van der Waals surface area contributed by atoms with E-state index in [2.05, 4.69) is 38.9 Å². The van der Waals surface area contributed by atoms with Crippen LogP contribution in [0.1, 0.15) is 31.3 Å². The van der Waals surface area contributed by atoms with E-state index in [9.17, 15) is 14.9 Å². The van der Waals surface area contributed by atoms with Crippen molar-refractivity contribution in [3.8, 4) is 0 Å². The van der Waals surface area contributed by atoms with E-state index in [-0.39, 0.29) is 29.1 Å². The average Bonchev–Trinajstić information content (AvgIpc) is 2.69. The fourth-order valence-corrected chi connectivity index (χ4v) is 3.46. The van der Waals surface area contributed by atoms with Crippen LogP contribution >= 0.6 is 11.6 Å². The Hall–Kier alpha value is -2.78. The van der Waals surface area contributed by atoms with Crippen molar-refractivity contribution >= 4 is 34.7 Å². The molecule has 2 heterocycles. The molecule has 30 heavy (non-hydrogen) atoms. The minimum atomic E-state index is -0.528. The highest BCUT2D eigenvalue weighted by Gasteiger charge is 2.21. The Kier molecular flexibility index (Phi) is 6.84. The Morgan fingerprint density at radius 2 is 1.93 bits per heavy atom. The van der Waals surface area contributed by atoms with Crippen molar-refractivity contribution in [2.75, 3.05) is 42.9 Å². The van der Waals surface area contributed by atoms with Gasteiger partial charge in [-0.1, -0.05) is 25.4 Å². The lowest BCUT2D eigenvalue weighted by atomic mass is 10.2. The van der Waals surface area contributed by atoms with Crippen LogP contribution in [0, 0.1) is 17.0 Å². The van der Waals surface area contributed by atoms with Crippen LogP contribution in [0.2, 0.25) is 5.02 Å². The molecule has 0 atom stereocenters. The Labute approximate surface area is 180 Å². The second kappa shape index (κ2) is 9.36. The molecule has 0 saturated carbocycles. The van der Waals surface area contributed by atoms with Gasteiger partial charge >= 0.3 is 0 Å². The van der Waals surface area contributed by atoms with E-state index >= 15 is 0 Å².